The Bertz CT molecular complexity index is 843. The van der Waals surface area contributed by atoms with Gasteiger partial charge in [0.1, 0.15) is 0 Å². The third kappa shape index (κ3) is 2.57. The molecule has 3 rings (SSSR count). The van der Waals surface area contributed by atoms with Crippen molar-refractivity contribution in [2.24, 2.45) is 0 Å². The molecule has 0 aliphatic rings. The Labute approximate surface area is 123 Å². The minimum absolute atomic E-state index is 0.0358. The Morgan fingerprint density at radius 1 is 1.05 bits per heavy atom. The van der Waals surface area contributed by atoms with Gasteiger partial charge in [-0.3, -0.25) is 9.89 Å². The molecule has 0 aliphatic heterocycles. The summed E-state index contributed by atoms with van der Waals surface area (Å²) < 4.78 is 0. The zero-order chi connectivity index (χ0) is 15.0. The molecular formula is C17H19N3O. The van der Waals surface area contributed by atoms with Crippen molar-refractivity contribution < 1.29 is 0 Å². The highest BCUT2D eigenvalue weighted by Gasteiger charge is 2.13. The molecule has 108 valence electrons. The van der Waals surface area contributed by atoms with Crippen molar-refractivity contribution >= 4 is 16.5 Å². The van der Waals surface area contributed by atoms with E-state index in [-0.39, 0.29) is 11.5 Å². The van der Waals surface area contributed by atoms with Crippen LogP contribution in [0.2, 0.25) is 0 Å². The van der Waals surface area contributed by atoms with Gasteiger partial charge in [0.05, 0.1) is 0 Å². The van der Waals surface area contributed by atoms with Gasteiger partial charge >= 0.3 is 0 Å². The second kappa shape index (κ2) is 5.13. The molecule has 4 heteroatoms. The lowest BCUT2D eigenvalue weighted by Gasteiger charge is -2.07. The summed E-state index contributed by atoms with van der Waals surface area (Å²) in [4.78, 5) is 12.0. The molecule has 1 heterocycles. The molecule has 0 radical (unpaired) electrons. The van der Waals surface area contributed by atoms with Gasteiger partial charge in [-0.2, -0.15) is 0 Å². The van der Waals surface area contributed by atoms with Crippen LogP contribution in [0.15, 0.2) is 41.2 Å². The Balaban J connectivity index is 2.02. The quantitative estimate of drug-likeness (QED) is 0.645. The summed E-state index contributed by atoms with van der Waals surface area (Å²) in [6.45, 7) is 4.15. The van der Waals surface area contributed by atoms with Crippen molar-refractivity contribution in [2.45, 2.75) is 26.2 Å². The number of H-pyrrole nitrogens is 2. The van der Waals surface area contributed by atoms with Crippen molar-refractivity contribution in [1.29, 1.82) is 0 Å². The van der Waals surface area contributed by atoms with Gasteiger partial charge in [-0.1, -0.05) is 38.1 Å². The predicted molar refractivity (Wildman–Crippen MR) is 86.7 cm³/mol. The number of aromatic amines is 2. The van der Waals surface area contributed by atoms with Crippen LogP contribution in [0.3, 0.4) is 0 Å². The second-order valence-electron chi connectivity index (χ2n) is 5.74. The highest BCUT2D eigenvalue weighted by Crippen LogP contribution is 2.22. The summed E-state index contributed by atoms with van der Waals surface area (Å²) in [7, 11) is 0. The van der Waals surface area contributed by atoms with Crippen LogP contribution in [-0.2, 0) is 6.42 Å². The van der Waals surface area contributed by atoms with Gasteiger partial charge < -0.3 is 10.8 Å². The fourth-order valence-corrected chi connectivity index (χ4v) is 2.69. The van der Waals surface area contributed by atoms with Gasteiger partial charge in [-0.05, 0) is 34.4 Å². The third-order valence-electron chi connectivity index (χ3n) is 3.80. The van der Waals surface area contributed by atoms with Crippen LogP contribution < -0.4 is 11.3 Å². The van der Waals surface area contributed by atoms with E-state index in [1.807, 2.05) is 18.2 Å². The van der Waals surface area contributed by atoms with Gasteiger partial charge in [-0.15, -0.1) is 0 Å². The number of nitrogens with two attached hydrogens (primary N) is 1. The zero-order valence-corrected chi connectivity index (χ0v) is 12.2. The smallest absolute Gasteiger partial charge is 0.267 e. The molecule has 0 fully saturated rings. The maximum atomic E-state index is 12.0. The maximum Gasteiger partial charge on any atom is 0.267 e. The fraction of sp³-hybridized carbons (Fsp3) is 0.235. The lowest BCUT2D eigenvalue weighted by molar-refractivity contribution is 0.799. The van der Waals surface area contributed by atoms with Crippen LogP contribution in [0.1, 0.15) is 36.6 Å². The third-order valence-corrected chi connectivity index (χ3v) is 3.80. The molecule has 0 saturated heterocycles. The SMILES string of the molecule is CC(C)c1[nH][nH]c(=O)c1Cc1ccc2ccc(N)cc2c1. The Morgan fingerprint density at radius 3 is 2.57 bits per heavy atom. The van der Waals surface area contributed by atoms with Gasteiger partial charge in [-0.25, -0.2) is 0 Å². The van der Waals surface area contributed by atoms with Crippen LogP contribution in [0.25, 0.3) is 10.8 Å². The minimum atomic E-state index is -0.0358. The average molecular weight is 281 g/mol. The first-order chi connectivity index (χ1) is 10.0. The van der Waals surface area contributed by atoms with Crippen molar-refractivity contribution in [1.82, 2.24) is 10.2 Å². The molecule has 1 aromatic heterocycles. The number of aromatic nitrogens is 2. The summed E-state index contributed by atoms with van der Waals surface area (Å²) in [5, 5.41) is 7.92. The fourth-order valence-electron chi connectivity index (χ4n) is 2.69. The largest absolute Gasteiger partial charge is 0.399 e. The molecule has 0 saturated carbocycles. The average Bonchev–Trinajstić information content (AvgIpc) is 2.80. The highest BCUT2D eigenvalue weighted by molar-refractivity contribution is 5.86. The van der Waals surface area contributed by atoms with E-state index < -0.39 is 0 Å². The van der Waals surface area contributed by atoms with Gasteiger partial charge in [0.15, 0.2) is 0 Å². The van der Waals surface area contributed by atoms with Crippen LogP contribution in [0, 0.1) is 0 Å². The standard InChI is InChI=1S/C17H19N3O/c1-10(2)16-15(17(21)20-19-16)8-11-3-4-12-5-6-14(18)9-13(12)7-11/h3-7,9-10H,8,18H2,1-2H3,(H2,19,20,21). The molecular weight excluding hydrogens is 262 g/mol. The lowest BCUT2D eigenvalue weighted by atomic mass is 9.98. The summed E-state index contributed by atoms with van der Waals surface area (Å²) in [6, 6.07) is 12.1. The molecule has 0 bridgehead atoms. The number of hydrogen-bond acceptors (Lipinski definition) is 2. The van der Waals surface area contributed by atoms with Crippen LogP contribution >= 0.6 is 0 Å². The summed E-state index contributed by atoms with van der Waals surface area (Å²) in [5.41, 5.74) is 9.46. The van der Waals surface area contributed by atoms with E-state index >= 15 is 0 Å². The number of nitrogen functional groups attached to an aromatic ring is 1. The van der Waals surface area contributed by atoms with E-state index in [1.54, 1.807) is 0 Å². The normalized spacial score (nSPS) is 11.4. The number of anilines is 1. The Morgan fingerprint density at radius 2 is 1.81 bits per heavy atom. The van der Waals surface area contributed by atoms with E-state index in [0.29, 0.717) is 6.42 Å². The Kier molecular flexibility index (Phi) is 3.29. The van der Waals surface area contributed by atoms with Crippen molar-refractivity contribution in [3.05, 3.63) is 63.6 Å². The molecule has 0 aliphatic carbocycles. The zero-order valence-electron chi connectivity index (χ0n) is 12.2. The van der Waals surface area contributed by atoms with Crippen LogP contribution in [0.5, 0.6) is 0 Å². The number of rotatable bonds is 3. The first-order valence-corrected chi connectivity index (χ1v) is 7.12. The van der Waals surface area contributed by atoms with E-state index in [9.17, 15) is 4.79 Å². The van der Waals surface area contributed by atoms with Crippen molar-refractivity contribution in [3.8, 4) is 0 Å². The number of nitrogens with one attached hydrogen (secondary N) is 2. The molecule has 0 unspecified atom stereocenters. The maximum absolute atomic E-state index is 12.0. The molecule has 21 heavy (non-hydrogen) atoms. The van der Waals surface area contributed by atoms with E-state index in [4.69, 9.17) is 5.73 Å². The topological polar surface area (TPSA) is 74.7 Å². The van der Waals surface area contributed by atoms with Crippen molar-refractivity contribution in [2.75, 3.05) is 5.73 Å². The molecule has 2 aromatic carbocycles. The van der Waals surface area contributed by atoms with Gasteiger partial charge in [0.2, 0.25) is 0 Å². The van der Waals surface area contributed by atoms with Gasteiger partial charge in [0.25, 0.3) is 5.56 Å². The number of fused-ring (bicyclic) bond motifs is 1. The van der Waals surface area contributed by atoms with Crippen molar-refractivity contribution in [3.63, 3.8) is 0 Å². The summed E-state index contributed by atoms with van der Waals surface area (Å²) in [6.07, 6.45) is 0.622. The van der Waals surface area contributed by atoms with E-state index in [1.165, 1.54) is 0 Å². The number of hydrogen-bond donors (Lipinski definition) is 3. The van der Waals surface area contributed by atoms with E-state index in [2.05, 4.69) is 42.2 Å². The summed E-state index contributed by atoms with van der Waals surface area (Å²) >= 11 is 0. The molecule has 0 amide bonds. The monoisotopic (exact) mass is 281 g/mol. The molecule has 3 aromatic rings. The number of benzene rings is 2. The van der Waals surface area contributed by atoms with Crippen LogP contribution in [0.4, 0.5) is 5.69 Å². The molecule has 0 spiro atoms. The van der Waals surface area contributed by atoms with E-state index in [0.717, 1.165) is 33.3 Å². The predicted octanol–water partition coefficient (Wildman–Crippen LogP) is 3.15. The minimum Gasteiger partial charge on any atom is -0.399 e. The highest BCUT2D eigenvalue weighted by atomic mass is 16.1. The second-order valence-corrected chi connectivity index (χ2v) is 5.74. The van der Waals surface area contributed by atoms with Gasteiger partial charge in [0, 0.05) is 23.4 Å². The first-order valence-electron chi connectivity index (χ1n) is 7.12. The van der Waals surface area contributed by atoms with Crippen LogP contribution in [-0.4, -0.2) is 10.2 Å². The Hall–Kier alpha value is -2.49. The molecule has 4 nitrogen and oxygen atoms in total. The first kappa shape index (κ1) is 13.5. The molecule has 4 N–H and O–H groups in total. The molecule has 0 atom stereocenters. The summed E-state index contributed by atoms with van der Waals surface area (Å²) in [5.74, 6) is 0.287. The lowest BCUT2D eigenvalue weighted by Crippen LogP contribution is -2.08.